The zero-order valence-corrected chi connectivity index (χ0v) is 8.26. The van der Waals surface area contributed by atoms with Crippen molar-refractivity contribution in [3.63, 3.8) is 0 Å². The van der Waals surface area contributed by atoms with Crippen LogP contribution in [-0.2, 0) is 0 Å². The van der Waals surface area contributed by atoms with Crippen LogP contribution >= 0.6 is 11.6 Å². The van der Waals surface area contributed by atoms with Crippen molar-refractivity contribution >= 4 is 11.6 Å². The molecule has 0 aliphatic heterocycles. The molecule has 0 spiro atoms. The van der Waals surface area contributed by atoms with Gasteiger partial charge in [0.05, 0.1) is 5.02 Å². The molecule has 1 unspecified atom stereocenters. The molecule has 1 aromatic carbocycles. The molecule has 0 saturated heterocycles. The lowest BCUT2D eigenvalue weighted by Gasteiger charge is -2.11. The first-order valence-electron chi connectivity index (χ1n) is 4.53. The van der Waals surface area contributed by atoms with Crippen LogP contribution in [0.5, 0.6) is 5.75 Å². The van der Waals surface area contributed by atoms with E-state index >= 15 is 0 Å². The van der Waals surface area contributed by atoms with E-state index in [-0.39, 0.29) is 11.1 Å². The van der Waals surface area contributed by atoms with Gasteiger partial charge in [-0.15, -0.1) is 0 Å². The fourth-order valence-electron chi connectivity index (χ4n) is 1.51. The van der Waals surface area contributed by atoms with Crippen LogP contribution in [0, 0.1) is 11.7 Å². The molecule has 0 bridgehead atoms. The van der Waals surface area contributed by atoms with Gasteiger partial charge in [0.15, 0.2) is 11.6 Å². The Hall–Kier alpha value is -0.800. The van der Waals surface area contributed by atoms with E-state index in [0.29, 0.717) is 11.5 Å². The molecule has 14 heavy (non-hydrogen) atoms. The third-order valence-corrected chi connectivity index (χ3v) is 2.84. The fraction of sp³-hybridized carbons (Fsp3) is 0.400. The van der Waals surface area contributed by atoms with Gasteiger partial charge in [0.1, 0.15) is 0 Å². The highest BCUT2D eigenvalue weighted by Gasteiger charge is 2.30. The molecule has 1 fully saturated rings. The van der Waals surface area contributed by atoms with E-state index in [9.17, 15) is 4.39 Å². The summed E-state index contributed by atoms with van der Waals surface area (Å²) in [6, 6.07) is 2.62. The Labute approximate surface area is 86.5 Å². The molecule has 1 saturated carbocycles. The average molecular weight is 216 g/mol. The lowest BCUT2D eigenvalue weighted by atomic mass is 10.0. The van der Waals surface area contributed by atoms with E-state index < -0.39 is 11.6 Å². The molecule has 1 aromatic rings. The van der Waals surface area contributed by atoms with Crippen molar-refractivity contribution in [2.24, 2.45) is 11.7 Å². The molecular formula is C10H11ClFNO. The minimum atomic E-state index is -0.705. The van der Waals surface area contributed by atoms with Gasteiger partial charge >= 0.3 is 0 Å². The first-order valence-corrected chi connectivity index (χ1v) is 4.91. The van der Waals surface area contributed by atoms with E-state index in [2.05, 4.69) is 0 Å². The van der Waals surface area contributed by atoms with Gasteiger partial charge in [0.2, 0.25) is 0 Å². The molecule has 2 nitrogen and oxygen atoms in total. The van der Waals surface area contributed by atoms with Gasteiger partial charge < -0.3 is 10.8 Å². The van der Waals surface area contributed by atoms with Crippen LogP contribution in [0.1, 0.15) is 24.4 Å². The van der Waals surface area contributed by atoms with Gasteiger partial charge in [-0.1, -0.05) is 11.6 Å². The fourth-order valence-corrected chi connectivity index (χ4v) is 1.72. The molecule has 0 radical (unpaired) electrons. The summed E-state index contributed by atoms with van der Waals surface area (Å²) in [7, 11) is 0. The van der Waals surface area contributed by atoms with Crippen LogP contribution in [0.15, 0.2) is 12.1 Å². The van der Waals surface area contributed by atoms with E-state index in [4.69, 9.17) is 22.4 Å². The molecule has 0 heterocycles. The Bertz CT molecular complexity index is 342. The predicted octanol–water partition coefficient (Wildman–Crippen LogP) is 2.59. The average Bonchev–Trinajstić information content (AvgIpc) is 2.95. The van der Waals surface area contributed by atoms with E-state index in [1.807, 2.05) is 0 Å². The molecule has 2 rings (SSSR count). The third-order valence-electron chi connectivity index (χ3n) is 2.55. The molecular weight excluding hydrogens is 205 g/mol. The lowest BCUT2D eigenvalue weighted by Crippen LogP contribution is -2.12. The van der Waals surface area contributed by atoms with Gasteiger partial charge in [-0.3, -0.25) is 0 Å². The third kappa shape index (κ3) is 1.70. The van der Waals surface area contributed by atoms with Crippen LogP contribution in [0.25, 0.3) is 0 Å². The van der Waals surface area contributed by atoms with Crippen LogP contribution in [0.4, 0.5) is 4.39 Å². The van der Waals surface area contributed by atoms with Crippen molar-refractivity contribution in [1.82, 2.24) is 0 Å². The highest BCUT2D eigenvalue weighted by atomic mass is 35.5. The van der Waals surface area contributed by atoms with Crippen molar-refractivity contribution in [3.05, 3.63) is 28.5 Å². The minimum Gasteiger partial charge on any atom is -0.504 e. The second-order valence-electron chi connectivity index (χ2n) is 3.70. The van der Waals surface area contributed by atoms with Gasteiger partial charge in [0, 0.05) is 6.04 Å². The van der Waals surface area contributed by atoms with E-state index in [1.54, 1.807) is 0 Å². The van der Waals surface area contributed by atoms with Gasteiger partial charge in [0.25, 0.3) is 0 Å². The summed E-state index contributed by atoms with van der Waals surface area (Å²) in [4.78, 5) is 0. The van der Waals surface area contributed by atoms with E-state index in [0.717, 1.165) is 12.8 Å². The number of benzene rings is 1. The van der Waals surface area contributed by atoms with E-state index in [1.165, 1.54) is 12.1 Å². The lowest BCUT2D eigenvalue weighted by molar-refractivity contribution is 0.431. The smallest absolute Gasteiger partial charge is 0.170 e. The summed E-state index contributed by atoms with van der Waals surface area (Å²) < 4.78 is 13.1. The summed E-state index contributed by atoms with van der Waals surface area (Å²) in [6.07, 6.45) is 2.17. The quantitative estimate of drug-likeness (QED) is 0.797. The summed E-state index contributed by atoms with van der Waals surface area (Å²) in [5, 5.41) is 9.14. The number of nitrogens with two attached hydrogens (primary N) is 1. The number of rotatable bonds is 2. The molecule has 4 heteroatoms. The van der Waals surface area contributed by atoms with Crippen LogP contribution in [0.3, 0.4) is 0 Å². The van der Waals surface area contributed by atoms with Crippen LogP contribution in [0.2, 0.25) is 5.02 Å². The number of phenols is 1. The molecule has 1 aliphatic rings. The number of halogens is 2. The maximum absolute atomic E-state index is 13.1. The maximum atomic E-state index is 13.1. The van der Waals surface area contributed by atoms with Crippen molar-refractivity contribution in [3.8, 4) is 5.75 Å². The van der Waals surface area contributed by atoms with Crippen LogP contribution < -0.4 is 5.73 Å². The highest BCUT2D eigenvalue weighted by Crippen LogP contribution is 2.41. The van der Waals surface area contributed by atoms with Gasteiger partial charge in [-0.2, -0.15) is 0 Å². The topological polar surface area (TPSA) is 46.2 Å². The second kappa shape index (κ2) is 3.41. The van der Waals surface area contributed by atoms with Crippen LogP contribution in [-0.4, -0.2) is 5.11 Å². The Balaban J connectivity index is 2.34. The zero-order valence-electron chi connectivity index (χ0n) is 7.50. The molecule has 0 aromatic heterocycles. The molecule has 1 atom stereocenters. The summed E-state index contributed by atoms with van der Waals surface area (Å²) >= 11 is 5.64. The minimum absolute atomic E-state index is 0.0242. The van der Waals surface area contributed by atoms with Gasteiger partial charge in [-0.05, 0) is 36.5 Å². The molecule has 76 valence electrons. The first kappa shape index (κ1) is 9.74. The standard InChI is InChI=1S/C10H11ClFNO/c11-7-3-6(4-8(12)10(7)14)9(13)5-1-2-5/h3-5,9,14H,1-2,13H2. The summed E-state index contributed by atoms with van der Waals surface area (Å²) in [5.41, 5.74) is 6.54. The van der Waals surface area contributed by atoms with Crippen molar-refractivity contribution in [2.45, 2.75) is 18.9 Å². The Kier molecular flexibility index (Phi) is 2.37. The highest BCUT2D eigenvalue weighted by molar-refractivity contribution is 6.32. The molecule has 0 amide bonds. The van der Waals surface area contributed by atoms with Crippen molar-refractivity contribution in [2.75, 3.05) is 0 Å². The summed E-state index contributed by atoms with van der Waals surface area (Å²) in [5.74, 6) is -0.767. The Morgan fingerprint density at radius 2 is 2.14 bits per heavy atom. The van der Waals surface area contributed by atoms with Crippen molar-refractivity contribution < 1.29 is 9.50 Å². The monoisotopic (exact) mass is 215 g/mol. The number of phenolic OH excluding ortho intramolecular Hbond substituents is 1. The Morgan fingerprint density at radius 3 is 2.64 bits per heavy atom. The van der Waals surface area contributed by atoms with Gasteiger partial charge in [-0.25, -0.2) is 4.39 Å². The zero-order chi connectivity index (χ0) is 10.3. The largest absolute Gasteiger partial charge is 0.504 e. The maximum Gasteiger partial charge on any atom is 0.170 e. The molecule has 3 N–H and O–H groups in total. The predicted molar refractivity (Wildman–Crippen MR) is 52.7 cm³/mol. The number of aromatic hydroxyl groups is 1. The van der Waals surface area contributed by atoms with Crippen molar-refractivity contribution in [1.29, 1.82) is 0 Å². The number of hydrogen-bond acceptors (Lipinski definition) is 2. The SMILES string of the molecule is NC(c1cc(F)c(O)c(Cl)c1)C1CC1. The first-order chi connectivity index (χ1) is 6.59. The second-order valence-corrected chi connectivity index (χ2v) is 4.10. The molecule has 1 aliphatic carbocycles. The summed E-state index contributed by atoms with van der Waals surface area (Å²) in [6.45, 7) is 0. The number of hydrogen-bond donors (Lipinski definition) is 2. The normalized spacial score (nSPS) is 18.2. The Morgan fingerprint density at radius 1 is 1.50 bits per heavy atom.